The standard InChI is InChI=1S/C11H10N6S/c12-6-9-5-8(3-4-13-9)7-18-11-14-15-16-17(11)10-1-2-10/h3-5,10H,1-2,7H2. The van der Waals surface area contributed by atoms with E-state index in [1.54, 1.807) is 24.0 Å². The Balaban J connectivity index is 1.70. The molecule has 0 saturated heterocycles. The number of nitriles is 1. The molecule has 1 aliphatic carbocycles. The molecule has 2 heterocycles. The molecule has 1 saturated carbocycles. The molecule has 0 aliphatic heterocycles. The van der Waals surface area contributed by atoms with Crippen molar-refractivity contribution < 1.29 is 0 Å². The molecular weight excluding hydrogens is 248 g/mol. The van der Waals surface area contributed by atoms with E-state index in [0.717, 1.165) is 29.3 Å². The minimum absolute atomic E-state index is 0.440. The van der Waals surface area contributed by atoms with Crippen LogP contribution < -0.4 is 0 Å². The van der Waals surface area contributed by atoms with Gasteiger partial charge in [-0.05, 0) is 41.0 Å². The Bertz CT molecular complexity index is 598. The summed E-state index contributed by atoms with van der Waals surface area (Å²) in [5.41, 5.74) is 1.49. The van der Waals surface area contributed by atoms with Gasteiger partial charge >= 0.3 is 0 Å². The first-order valence-electron chi connectivity index (χ1n) is 5.62. The Kier molecular flexibility index (Phi) is 2.94. The highest BCUT2D eigenvalue weighted by molar-refractivity contribution is 7.98. The SMILES string of the molecule is N#Cc1cc(CSc2nnnn2C2CC2)ccn1. The van der Waals surface area contributed by atoms with Crippen LogP contribution in [-0.4, -0.2) is 25.2 Å². The number of hydrogen-bond donors (Lipinski definition) is 0. The summed E-state index contributed by atoms with van der Waals surface area (Å²) in [6, 6.07) is 6.21. The lowest BCUT2D eigenvalue weighted by molar-refractivity contribution is 0.565. The molecule has 3 rings (SSSR count). The zero-order valence-corrected chi connectivity index (χ0v) is 10.3. The number of nitrogens with zero attached hydrogens (tertiary/aromatic N) is 6. The monoisotopic (exact) mass is 258 g/mol. The molecule has 90 valence electrons. The Morgan fingerprint density at radius 3 is 3.17 bits per heavy atom. The molecule has 0 atom stereocenters. The molecule has 1 fully saturated rings. The molecule has 1 aliphatic rings. The third-order valence-corrected chi connectivity index (χ3v) is 3.67. The fourth-order valence-corrected chi connectivity index (χ4v) is 2.49. The first-order valence-corrected chi connectivity index (χ1v) is 6.61. The third-order valence-electron chi connectivity index (χ3n) is 2.66. The average molecular weight is 258 g/mol. The molecule has 0 radical (unpaired) electrons. The summed E-state index contributed by atoms with van der Waals surface area (Å²) in [5.74, 6) is 0.740. The van der Waals surface area contributed by atoms with Crippen LogP contribution in [0.1, 0.15) is 30.1 Å². The van der Waals surface area contributed by atoms with Crippen molar-refractivity contribution in [2.24, 2.45) is 0 Å². The van der Waals surface area contributed by atoms with Crippen LogP contribution in [0.2, 0.25) is 0 Å². The number of pyridine rings is 1. The highest BCUT2D eigenvalue weighted by Gasteiger charge is 2.27. The third kappa shape index (κ3) is 2.33. The lowest BCUT2D eigenvalue weighted by Gasteiger charge is -2.02. The highest BCUT2D eigenvalue weighted by atomic mass is 32.2. The summed E-state index contributed by atoms with van der Waals surface area (Å²) in [6.07, 6.45) is 3.97. The number of tetrazole rings is 1. The van der Waals surface area contributed by atoms with Crippen LogP contribution in [0, 0.1) is 11.3 Å². The Hall–Kier alpha value is -1.94. The van der Waals surface area contributed by atoms with E-state index < -0.39 is 0 Å². The molecule has 0 N–H and O–H groups in total. The van der Waals surface area contributed by atoms with Gasteiger partial charge in [-0.25, -0.2) is 9.67 Å². The van der Waals surface area contributed by atoms with Crippen molar-refractivity contribution in [1.29, 1.82) is 5.26 Å². The van der Waals surface area contributed by atoms with Gasteiger partial charge in [0.2, 0.25) is 5.16 Å². The van der Waals surface area contributed by atoms with Crippen molar-refractivity contribution in [2.75, 3.05) is 0 Å². The van der Waals surface area contributed by atoms with E-state index in [2.05, 4.69) is 20.5 Å². The summed E-state index contributed by atoms with van der Waals surface area (Å²) in [6.45, 7) is 0. The van der Waals surface area contributed by atoms with Gasteiger partial charge in [-0.1, -0.05) is 11.8 Å². The van der Waals surface area contributed by atoms with Crippen LogP contribution >= 0.6 is 11.8 Å². The molecule has 6 nitrogen and oxygen atoms in total. The first-order chi connectivity index (χ1) is 8.86. The molecule has 7 heteroatoms. The number of thioether (sulfide) groups is 1. The molecule has 0 amide bonds. The van der Waals surface area contributed by atoms with Gasteiger partial charge in [-0.3, -0.25) is 0 Å². The molecule has 18 heavy (non-hydrogen) atoms. The van der Waals surface area contributed by atoms with Gasteiger partial charge in [0.05, 0.1) is 6.04 Å². The second kappa shape index (κ2) is 4.74. The number of aromatic nitrogens is 5. The van der Waals surface area contributed by atoms with Crippen LogP contribution in [0.5, 0.6) is 0 Å². The fourth-order valence-electron chi connectivity index (χ4n) is 1.60. The lowest BCUT2D eigenvalue weighted by atomic mass is 10.2. The molecule has 0 spiro atoms. The zero-order valence-electron chi connectivity index (χ0n) is 9.52. The number of hydrogen-bond acceptors (Lipinski definition) is 6. The van der Waals surface area contributed by atoms with E-state index in [1.807, 2.05) is 16.8 Å². The van der Waals surface area contributed by atoms with Crippen molar-refractivity contribution in [3.05, 3.63) is 29.6 Å². The Labute approximate surface area is 108 Å². The summed E-state index contributed by atoms with van der Waals surface area (Å²) < 4.78 is 1.89. The van der Waals surface area contributed by atoms with E-state index >= 15 is 0 Å². The maximum absolute atomic E-state index is 8.78. The predicted molar refractivity (Wildman–Crippen MR) is 64.6 cm³/mol. The topological polar surface area (TPSA) is 80.3 Å². The second-order valence-electron chi connectivity index (χ2n) is 4.09. The van der Waals surface area contributed by atoms with Crippen molar-refractivity contribution >= 4 is 11.8 Å². The fraction of sp³-hybridized carbons (Fsp3) is 0.364. The molecule has 2 aromatic rings. The van der Waals surface area contributed by atoms with Gasteiger partial charge in [-0.2, -0.15) is 5.26 Å². The smallest absolute Gasteiger partial charge is 0.209 e. The summed E-state index contributed by atoms with van der Waals surface area (Å²) >= 11 is 1.58. The molecule has 0 unspecified atom stereocenters. The van der Waals surface area contributed by atoms with E-state index in [0.29, 0.717) is 11.7 Å². The van der Waals surface area contributed by atoms with Crippen molar-refractivity contribution in [2.45, 2.75) is 29.8 Å². The van der Waals surface area contributed by atoms with E-state index in [1.165, 1.54) is 0 Å². The van der Waals surface area contributed by atoms with Gasteiger partial charge in [-0.15, -0.1) is 5.10 Å². The van der Waals surface area contributed by atoms with E-state index in [-0.39, 0.29) is 0 Å². The Morgan fingerprint density at radius 2 is 2.39 bits per heavy atom. The maximum Gasteiger partial charge on any atom is 0.209 e. The summed E-state index contributed by atoms with van der Waals surface area (Å²) in [4.78, 5) is 3.94. The quantitative estimate of drug-likeness (QED) is 0.774. The predicted octanol–water partition coefficient (Wildman–Crippen LogP) is 1.57. The summed E-state index contributed by atoms with van der Waals surface area (Å²) in [5, 5.41) is 21.3. The van der Waals surface area contributed by atoms with Gasteiger partial charge in [0.15, 0.2) is 0 Å². The number of rotatable bonds is 4. The Morgan fingerprint density at radius 1 is 1.50 bits per heavy atom. The van der Waals surface area contributed by atoms with Crippen LogP contribution in [0.3, 0.4) is 0 Å². The van der Waals surface area contributed by atoms with Crippen LogP contribution in [0.15, 0.2) is 23.5 Å². The van der Waals surface area contributed by atoms with Crippen molar-refractivity contribution in [3.63, 3.8) is 0 Å². The van der Waals surface area contributed by atoms with Crippen LogP contribution in [0.25, 0.3) is 0 Å². The second-order valence-corrected chi connectivity index (χ2v) is 5.03. The van der Waals surface area contributed by atoms with E-state index in [9.17, 15) is 0 Å². The minimum atomic E-state index is 0.440. The molecular formula is C11H10N6S. The normalized spacial score (nSPS) is 14.4. The van der Waals surface area contributed by atoms with Gasteiger partial charge in [0.1, 0.15) is 11.8 Å². The first kappa shape index (κ1) is 11.2. The highest BCUT2D eigenvalue weighted by Crippen LogP contribution is 2.36. The van der Waals surface area contributed by atoms with Crippen molar-refractivity contribution in [3.8, 4) is 6.07 Å². The zero-order chi connectivity index (χ0) is 12.4. The van der Waals surface area contributed by atoms with Gasteiger partial charge < -0.3 is 0 Å². The van der Waals surface area contributed by atoms with Crippen LogP contribution in [-0.2, 0) is 5.75 Å². The molecule has 0 bridgehead atoms. The maximum atomic E-state index is 8.78. The lowest BCUT2D eigenvalue weighted by Crippen LogP contribution is -1.98. The average Bonchev–Trinajstić information content (AvgIpc) is 3.15. The van der Waals surface area contributed by atoms with Crippen LogP contribution in [0.4, 0.5) is 0 Å². The minimum Gasteiger partial charge on any atom is -0.246 e. The van der Waals surface area contributed by atoms with E-state index in [4.69, 9.17) is 5.26 Å². The molecule has 0 aromatic carbocycles. The van der Waals surface area contributed by atoms with Gasteiger partial charge in [0.25, 0.3) is 0 Å². The van der Waals surface area contributed by atoms with Crippen molar-refractivity contribution in [1.82, 2.24) is 25.2 Å². The summed E-state index contributed by atoms with van der Waals surface area (Å²) in [7, 11) is 0. The largest absolute Gasteiger partial charge is 0.246 e. The van der Waals surface area contributed by atoms with Gasteiger partial charge in [0, 0.05) is 11.9 Å². The molecule has 2 aromatic heterocycles.